The van der Waals surface area contributed by atoms with Gasteiger partial charge in [0.15, 0.2) is 5.16 Å². The van der Waals surface area contributed by atoms with E-state index in [2.05, 4.69) is 15.5 Å². The fourth-order valence-electron chi connectivity index (χ4n) is 3.76. The molecule has 5 aromatic rings. The van der Waals surface area contributed by atoms with Crippen LogP contribution in [0, 0.1) is 0 Å². The number of para-hydroxylation sites is 1. The zero-order valence-corrected chi connectivity index (χ0v) is 19.8. The Kier molecular flexibility index (Phi) is 6.11. The van der Waals surface area contributed by atoms with Crippen LogP contribution in [-0.4, -0.2) is 45.0 Å². The van der Waals surface area contributed by atoms with E-state index in [4.69, 9.17) is 9.47 Å². The van der Waals surface area contributed by atoms with Gasteiger partial charge in [-0.2, -0.15) is 0 Å². The van der Waals surface area contributed by atoms with Gasteiger partial charge in [0.25, 0.3) is 5.56 Å². The maximum absolute atomic E-state index is 13.4. The zero-order chi connectivity index (χ0) is 24.4. The highest BCUT2D eigenvalue weighted by atomic mass is 32.2. The highest BCUT2D eigenvalue weighted by Crippen LogP contribution is 2.25. The van der Waals surface area contributed by atoms with Crippen LogP contribution in [0.5, 0.6) is 11.5 Å². The van der Waals surface area contributed by atoms with Gasteiger partial charge >= 0.3 is 0 Å². The molecular formula is C25H21N5O4S. The average Bonchev–Trinajstić information content (AvgIpc) is 3.32. The molecule has 0 atom stereocenters. The van der Waals surface area contributed by atoms with Crippen molar-refractivity contribution in [3.8, 4) is 17.2 Å². The van der Waals surface area contributed by atoms with E-state index in [1.807, 2.05) is 30.3 Å². The summed E-state index contributed by atoms with van der Waals surface area (Å²) >= 11 is 1.24. The van der Waals surface area contributed by atoms with Crippen LogP contribution in [0.15, 0.2) is 82.7 Å². The summed E-state index contributed by atoms with van der Waals surface area (Å²) in [5, 5.41) is 12.5. The Morgan fingerprint density at radius 2 is 1.71 bits per heavy atom. The zero-order valence-electron chi connectivity index (χ0n) is 19.0. The van der Waals surface area contributed by atoms with E-state index in [1.54, 1.807) is 61.1 Å². The van der Waals surface area contributed by atoms with E-state index in [9.17, 15) is 9.59 Å². The molecule has 2 aromatic heterocycles. The van der Waals surface area contributed by atoms with Gasteiger partial charge in [0.2, 0.25) is 11.7 Å². The van der Waals surface area contributed by atoms with Gasteiger partial charge in [-0.15, -0.1) is 10.2 Å². The van der Waals surface area contributed by atoms with Crippen molar-refractivity contribution in [2.45, 2.75) is 5.16 Å². The van der Waals surface area contributed by atoms with Gasteiger partial charge in [0.05, 0.1) is 36.6 Å². The lowest BCUT2D eigenvalue weighted by Crippen LogP contribution is -2.22. The molecule has 0 unspecified atom stereocenters. The molecule has 176 valence electrons. The summed E-state index contributed by atoms with van der Waals surface area (Å²) in [6.07, 6.45) is 0. The molecule has 1 N–H and O–H groups in total. The number of fused-ring (bicyclic) bond motifs is 3. The number of benzene rings is 3. The summed E-state index contributed by atoms with van der Waals surface area (Å²) in [5.74, 6) is 1.59. The molecule has 35 heavy (non-hydrogen) atoms. The number of anilines is 1. The van der Waals surface area contributed by atoms with Crippen molar-refractivity contribution in [1.29, 1.82) is 0 Å². The quantitative estimate of drug-likeness (QED) is 0.349. The van der Waals surface area contributed by atoms with Crippen molar-refractivity contribution in [2.75, 3.05) is 25.3 Å². The number of nitrogens with zero attached hydrogens (tertiary/aromatic N) is 4. The Labute approximate surface area is 204 Å². The van der Waals surface area contributed by atoms with Gasteiger partial charge in [-0.25, -0.2) is 4.57 Å². The lowest BCUT2D eigenvalue weighted by molar-refractivity contribution is -0.113. The van der Waals surface area contributed by atoms with E-state index < -0.39 is 0 Å². The van der Waals surface area contributed by atoms with Gasteiger partial charge in [-0.1, -0.05) is 30.0 Å². The molecule has 10 heteroatoms. The molecule has 0 spiro atoms. The van der Waals surface area contributed by atoms with E-state index in [-0.39, 0.29) is 17.2 Å². The minimum Gasteiger partial charge on any atom is -0.497 e. The molecule has 3 aromatic carbocycles. The van der Waals surface area contributed by atoms with Crippen LogP contribution in [-0.2, 0) is 4.79 Å². The number of hydrogen-bond acceptors (Lipinski definition) is 7. The van der Waals surface area contributed by atoms with Gasteiger partial charge in [0.1, 0.15) is 11.5 Å². The van der Waals surface area contributed by atoms with Crippen molar-refractivity contribution < 1.29 is 14.3 Å². The number of aromatic nitrogens is 4. The molecule has 0 aliphatic carbocycles. The Morgan fingerprint density at radius 3 is 2.49 bits per heavy atom. The average molecular weight is 488 g/mol. The summed E-state index contributed by atoms with van der Waals surface area (Å²) in [5.41, 5.74) is 1.71. The number of rotatable bonds is 7. The molecule has 9 nitrogen and oxygen atoms in total. The van der Waals surface area contributed by atoms with Crippen LogP contribution in [0.25, 0.3) is 22.4 Å². The summed E-state index contributed by atoms with van der Waals surface area (Å²) < 4.78 is 13.8. The van der Waals surface area contributed by atoms with Gasteiger partial charge in [-0.05, 0) is 48.5 Å². The number of thioether (sulfide) groups is 1. The fraction of sp³-hybridized carbons (Fsp3) is 0.120. The molecule has 0 aliphatic heterocycles. The molecular weight excluding hydrogens is 466 g/mol. The number of amides is 1. The van der Waals surface area contributed by atoms with Crippen molar-refractivity contribution >= 4 is 40.0 Å². The van der Waals surface area contributed by atoms with Crippen LogP contribution < -0.4 is 20.3 Å². The van der Waals surface area contributed by atoms with Crippen molar-refractivity contribution in [1.82, 2.24) is 19.2 Å². The normalized spacial score (nSPS) is 11.0. The first-order chi connectivity index (χ1) is 17.1. The Balaban J connectivity index is 1.52. The largest absolute Gasteiger partial charge is 0.497 e. The van der Waals surface area contributed by atoms with E-state index in [0.29, 0.717) is 44.7 Å². The first-order valence-corrected chi connectivity index (χ1v) is 11.7. The Morgan fingerprint density at radius 1 is 0.943 bits per heavy atom. The first-order valence-electron chi connectivity index (χ1n) is 10.7. The topological polar surface area (TPSA) is 99.8 Å². The minimum absolute atomic E-state index is 0.111. The van der Waals surface area contributed by atoms with Crippen molar-refractivity contribution in [3.63, 3.8) is 0 Å². The fourth-order valence-corrected chi connectivity index (χ4v) is 4.50. The van der Waals surface area contributed by atoms with Crippen LogP contribution >= 0.6 is 11.8 Å². The van der Waals surface area contributed by atoms with Crippen molar-refractivity contribution in [2.24, 2.45) is 0 Å². The monoisotopic (exact) mass is 487 g/mol. The number of ether oxygens (including phenoxy) is 2. The van der Waals surface area contributed by atoms with Crippen LogP contribution in [0.3, 0.4) is 0 Å². The summed E-state index contributed by atoms with van der Waals surface area (Å²) in [6.45, 7) is 0. The lowest BCUT2D eigenvalue weighted by Gasteiger charge is -2.12. The highest BCUT2D eigenvalue weighted by molar-refractivity contribution is 7.99. The standard InChI is InChI=1S/C25H21N5O4S/c1-33-18-12-10-16(11-13-18)26-22(31)15-35-25-28-27-24-29(17-6-5-7-19(14-17)34-2)23(32)20-8-3-4-9-21(20)30(24)25/h3-14H,15H2,1-2H3,(H,26,31). The van der Waals surface area contributed by atoms with Crippen LogP contribution in [0.4, 0.5) is 5.69 Å². The molecule has 1 amide bonds. The maximum atomic E-state index is 13.4. The first kappa shape index (κ1) is 22.5. The van der Waals surface area contributed by atoms with Gasteiger partial charge in [-0.3, -0.25) is 14.0 Å². The third-order valence-electron chi connectivity index (χ3n) is 5.41. The molecule has 0 saturated heterocycles. The number of carbonyl (C=O) groups is 1. The number of methoxy groups -OCH3 is 2. The lowest BCUT2D eigenvalue weighted by atomic mass is 10.2. The van der Waals surface area contributed by atoms with E-state index in [1.165, 1.54) is 16.3 Å². The second kappa shape index (κ2) is 9.51. The maximum Gasteiger partial charge on any atom is 0.267 e. The third-order valence-corrected chi connectivity index (χ3v) is 6.34. The Hall–Kier alpha value is -4.31. The SMILES string of the molecule is COc1ccc(NC(=O)CSc2nnc3n(-c4cccc(OC)c4)c(=O)c4ccccc4n23)cc1. The predicted octanol–water partition coefficient (Wildman–Crippen LogP) is 3.78. The second-order valence-electron chi connectivity index (χ2n) is 7.54. The molecule has 5 rings (SSSR count). The summed E-state index contributed by atoms with van der Waals surface area (Å²) in [6, 6.07) is 21.5. The van der Waals surface area contributed by atoms with Crippen LogP contribution in [0.1, 0.15) is 0 Å². The molecule has 2 heterocycles. The van der Waals surface area contributed by atoms with Gasteiger partial charge < -0.3 is 14.8 Å². The smallest absolute Gasteiger partial charge is 0.267 e. The highest BCUT2D eigenvalue weighted by Gasteiger charge is 2.19. The number of hydrogen-bond donors (Lipinski definition) is 1. The molecule has 0 saturated carbocycles. The predicted molar refractivity (Wildman–Crippen MR) is 135 cm³/mol. The summed E-state index contributed by atoms with van der Waals surface area (Å²) in [4.78, 5) is 26.0. The minimum atomic E-state index is -0.220. The number of nitrogens with one attached hydrogen (secondary N) is 1. The van der Waals surface area contributed by atoms with Crippen molar-refractivity contribution in [3.05, 3.63) is 83.2 Å². The Bertz CT molecular complexity index is 1590. The molecule has 0 fully saturated rings. The third kappa shape index (κ3) is 4.31. The van der Waals surface area contributed by atoms with Crippen LogP contribution in [0.2, 0.25) is 0 Å². The van der Waals surface area contributed by atoms with E-state index >= 15 is 0 Å². The van der Waals surface area contributed by atoms with E-state index in [0.717, 1.165) is 0 Å². The molecule has 0 radical (unpaired) electrons. The summed E-state index contributed by atoms with van der Waals surface area (Å²) in [7, 11) is 3.16. The molecule has 0 bridgehead atoms. The van der Waals surface area contributed by atoms with Gasteiger partial charge in [0, 0.05) is 11.8 Å². The molecule has 0 aliphatic rings. The second-order valence-corrected chi connectivity index (χ2v) is 8.49. The number of carbonyl (C=O) groups excluding carboxylic acids is 1.